The van der Waals surface area contributed by atoms with E-state index in [9.17, 15) is 4.79 Å². The summed E-state index contributed by atoms with van der Waals surface area (Å²) in [4.78, 5) is 18.3. The third-order valence-electron chi connectivity index (χ3n) is 3.90. The molecule has 0 bridgehead atoms. The van der Waals surface area contributed by atoms with Crippen molar-refractivity contribution in [2.45, 2.75) is 34.1 Å². The summed E-state index contributed by atoms with van der Waals surface area (Å²) >= 11 is 2.99. The normalized spacial score (nSPS) is 10.6. The Kier molecular flexibility index (Phi) is 11.0. The lowest BCUT2D eigenvalue weighted by molar-refractivity contribution is -0.105. The second kappa shape index (κ2) is 14.0. The SMILES string of the molecule is CC.CC.O=CNc1nnc(-c2ccncc2)s1.c1csc(-c2ccc3c(c2)CCO3)n1. The first-order valence-corrected chi connectivity index (χ1v) is 12.1. The second-order valence-corrected chi connectivity index (χ2v) is 7.54. The molecular weight excluding hydrogens is 442 g/mol. The van der Waals surface area contributed by atoms with Crippen molar-refractivity contribution in [1.82, 2.24) is 20.2 Å². The van der Waals surface area contributed by atoms with Crippen molar-refractivity contribution in [3.63, 3.8) is 0 Å². The van der Waals surface area contributed by atoms with Crippen LogP contribution in [0.2, 0.25) is 0 Å². The number of nitrogens with zero attached hydrogens (tertiary/aromatic N) is 4. The minimum Gasteiger partial charge on any atom is -0.493 e. The highest BCUT2D eigenvalue weighted by molar-refractivity contribution is 7.18. The van der Waals surface area contributed by atoms with Crippen molar-refractivity contribution in [2.24, 2.45) is 0 Å². The Hall–Kier alpha value is -3.17. The predicted molar refractivity (Wildman–Crippen MR) is 132 cm³/mol. The van der Waals surface area contributed by atoms with Crippen LogP contribution in [0.3, 0.4) is 0 Å². The van der Waals surface area contributed by atoms with Gasteiger partial charge in [-0.05, 0) is 35.9 Å². The molecule has 0 saturated carbocycles. The molecule has 1 aromatic carbocycles. The maximum atomic E-state index is 10.1. The van der Waals surface area contributed by atoms with E-state index in [1.54, 1.807) is 23.7 Å². The van der Waals surface area contributed by atoms with Crippen LogP contribution in [-0.2, 0) is 11.2 Å². The van der Waals surface area contributed by atoms with E-state index < -0.39 is 0 Å². The summed E-state index contributed by atoms with van der Waals surface area (Å²) in [6.07, 6.45) is 6.81. The third-order valence-corrected chi connectivity index (χ3v) is 5.63. The Balaban J connectivity index is 0.000000197. The molecule has 7 nitrogen and oxygen atoms in total. The highest BCUT2D eigenvalue weighted by Gasteiger charge is 2.13. The van der Waals surface area contributed by atoms with Crippen LogP contribution in [-0.4, -0.2) is 33.2 Å². The van der Waals surface area contributed by atoms with Gasteiger partial charge < -0.3 is 10.1 Å². The van der Waals surface area contributed by atoms with Gasteiger partial charge in [0.25, 0.3) is 0 Å². The maximum Gasteiger partial charge on any atom is 0.213 e. The maximum absolute atomic E-state index is 10.1. The molecule has 4 heterocycles. The summed E-state index contributed by atoms with van der Waals surface area (Å²) < 4.78 is 5.45. The van der Waals surface area contributed by atoms with E-state index in [1.165, 1.54) is 22.5 Å². The van der Waals surface area contributed by atoms with Gasteiger partial charge in [0.2, 0.25) is 11.5 Å². The number of nitrogens with one attached hydrogen (secondary N) is 1. The van der Waals surface area contributed by atoms with Crippen molar-refractivity contribution < 1.29 is 9.53 Å². The summed E-state index contributed by atoms with van der Waals surface area (Å²) in [5.41, 5.74) is 3.44. The smallest absolute Gasteiger partial charge is 0.213 e. The molecule has 1 amide bonds. The van der Waals surface area contributed by atoms with Gasteiger partial charge >= 0.3 is 0 Å². The van der Waals surface area contributed by atoms with Crippen LogP contribution in [0.1, 0.15) is 33.3 Å². The molecule has 32 heavy (non-hydrogen) atoms. The topological polar surface area (TPSA) is 89.9 Å². The summed E-state index contributed by atoms with van der Waals surface area (Å²) in [6, 6.07) is 9.97. The van der Waals surface area contributed by atoms with Gasteiger partial charge in [-0.1, -0.05) is 39.0 Å². The molecule has 0 spiro atoms. The summed E-state index contributed by atoms with van der Waals surface area (Å²) in [6.45, 7) is 8.82. The number of amides is 1. The van der Waals surface area contributed by atoms with Crippen molar-refractivity contribution >= 4 is 34.2 Å². The van der Waals surface area contributed by atoms with Gasteiger partial charge in [0, 0.05) is 41.5 Å². The van der Waals surface area contributed by atoms with E-state index in [2.05, 4.69) is 37.6 Å². The number of carbonyl (C=O) groups excluding carboxylic acids is 1. The molecular formula is C23H27N5O2S2. The highest BCUT2D eigenvalue weighted by Crippen LogP contribution is 2.31. The minimum atomic E-state index is 0.492. The Bertz CT molecular complexity index is 1050. The Morgan fingerprint density at radius 2 is 1.75 bits per heavy atom. The first-order valence-electron chi connectivity index (χ1n) is 10.4. The highest BCUT2D eigenvalue weighted by atomic mass is 32.1. The fraction of sp³-hybridized carbons (Fsp3) is 0.261. The van der Waals surface area contributed by atoms with E-state index in [4.69, 9.17) is 4.74 Å². The van der Waals surface area contributed by atoms with E-state index >= 15 is 0 Å². The average Bonchev–Trinajstić information content (AvgIpc) is 3.64. The summed E-state index contributed by atoms with van der Waals surface area (Å²) in [5, 5.41) is 14.5. The number of anilines is 1. The first kappa shape index (κ1) is 25.1. The number of thiazole rings is 1. The first-order chi connectivity index (χ1) is 15.8. The monoisotopic (exact) mass is 469 g/mol. The summed E-state index contributed by atoms with van der Waals surface area (Å²) in [7, 11) is 0. The largest absolute Gasteiger partial charge is 0.493 e. The van der Waals surface area contributed by atoms with Crippen molar-refractivity contribution in [3.05, 3.63) is 59.9 Å². The lowest BCUT2D eigenvalue weighted by Crippen LogP contribution is -1.91. The molecule has 0 saturated heterocycles. The van der Waals surface area contributed by atoms with Crippen LogP contribution in [0.25, 0.3) is 21.1 Å². The van der Waals surface area contributed by atoms with Crippen LogP contribution in [0.4, 0.5) is 5.13 Å². The molecule has 0 fully saturated rings. The minimum absolute atomic E-state index is 0.492. The Morgan fingerprint density at radius 1 is 0.969 bits per heavy atom. The van der Waals surface area contributed by atoms with Crippen LogP contribution < -0.4 is 10.1 Å². The molecule has 0 atom stereocenters. The molecule has 9 heteroatoms. The van der Waals surface area contributed by atoms with Crippen molar-refractivity contribution in [2.75, 3.05) is 11.9 Å². The molecule has 5 rings (SSSR count). The molecule has 1 N–H and O–H groups in total. The zero-order valence-corrected chi connectivity index (χ0v) is 20.2. The standard InChI is InChI=1S/C11H9NOS.C8H6N4OS.2C2H6/c1-2-10-8(3-5-13-10)7-9(1)11-12-4-6-14-11;13-5-10-8-12-11-7(14-8)6-1-3-9-4-2-6;2*1-2/h1-2,4,6-7H,3,5H2;1-5H,(H,10,12,13);2*1-2H3. The molecule has 168 valence electrons. The molecule has 3 aromatic heterocycles. The molecule has 4 aromatic rings. The van der Waals surface area contributed by atoms with Gasteiger partial charge in [-0.3, -0.25) is 9.78 Å². The quantitative estimate of drug-likeness (QED) is 0.371. The zero-order chi connectivity index (χ0) is 23.2. The van der Waals surface area contributed by atoms with Crippen LogP contribution >= 0.6 is 22.7 Å². The fourth-order valence-corrected chi connectivity index (χ4v) is 3.97. The second-order valence-electron chi connectivity index (χ2n) is 5.67. The average molecular weight is 470 g/mol. The number of hydrogen-bond donors (Lipinski definition) is 1. The van der Waals surface area contributed by atoms with Crippen molar-refractivity contribution in [1.29, 1.82) is 0 Å². The van der Waals surface area contributed by atoms with Crippen LogP contribution in [0.5, 0.6) is 5.75 Å². The van der Waals surface area contributed by atoms with Gasteiger partial charge in [-0.2, -0.15) is 0 Å². The molecule has 1 aliphatic rings. The molecule has 0 aliphatic carbocycles. The van der Waals surface area contributed by atoms with E-state index in [1.807, 2.05) is 57.5 Å². The van der Waals surface area contributed by atoms with Gasteiger partial charge in [-0.15, -0.1) is 21.5 Å². The van der Waals surface area contributed by atoms with E-state index in [-0.39, 0.29) is 0 Å². The van der Waals surface area contributed by atoms with Gasteiger partial charge in [0.1, 0.15) is 15.8 Å². The molecule has 0 radical (unpaired) electrons. The van der Waals surface area contributed by atoms with Gasteiger partial charge in [-0.25, -0.2) is 4.98 Å². The number of ether oxygens (including phenoxy) is 1. The zero-order valence-electron chi connectivity index (χ0n) is 18.6. The Labute approximate surface area is 196 Å². The van der Waals surface area contributed by atoms with E-state index in [0.717, 1.165) is 34.4 Å². The predicted octanol–water partition coefficient (Wildman–Crippen LogP) is 5.97. The molecule has 1 aliphatic heterocycles. The van der Waals surface area contributed by atoms with Crippen molar-refractivity contribution in [3.8, 4) is 26.9 Å². The number of pyridine rings is 1. The number of hydrogen-bond acceptors (Lipinski definition) is 8. The number of carbonyl (C=O) groups is 1. The van der Waals surface area contributed by atoms with Gasteiger partial charge in [0.05, 0.1) is 6.61 Å². The number of fused-ring (bicyclic) bond motifs is 1. The Morgan fingerprint density at radius 3 is 2.44 bits per heavy atom. The van der Waals surface area contributed by atoms with Gasteiger partial charge in [0.15, 0.2) is 0 Å². The molecule has 0 unspecified atom stereocenters. The lowest BCUT2D eigenvalue weighted by atomic mass is 10.1. The third kappa shape index (κ3) is 6.93. The number of rotatable bonds is 4. The lowest BCUT2D eigenvalue weighted by Gasteiger charge is -2.00. The summed E-state index contributed by atoms with van der Waals surface area (Å²) in [5.74, 6) is 1.03. The van der Waals surface area contributed by atoms with Crippen LogP contribution in [0.15, 0.2) is 54.3 Å². The number of benzene rings is 1. The fourth-order valence-electron chi connectivity index (χ4n) is 2.63. The van der Waals surface area contributed by atoms with Crippen LogP contribution in [0, 0.1) is 0 Å². The number of aromatic nitrogens is 4. The van der Waals surface area contributed by atoms with E-state index in [0.29, 0.717) is 11.5 Å².